The number of rotatable bonds is 11. The first-order valence-corrected chi connectivity index (χ1v) is 13.5. The lowest BCUT2D eigenvalue weighted by Gasteiger charge is -2.34. The second kappa shape index (κ2) is 12.1. The molecule has 9 nitrogen and oxygen atoms in total. The highest BCUT2D eigenvalue weighted by molar-refractivity contribution is 7.98. The zero-order valence-corrected chi connectivity index (χ0v) is 19.8. The lowest BCUT2D eigenvalue weighted by atomic mass is 10.2. The third-order valence-corrected chi connectivity index (χ3v) is 7.34. The molecule has 1 saturated heterocycles. The topological polar surface area (TPSA) is 108 Å². The van der Waals surface area contributed by atoms with Crippen LogP contribution in [0.15, 0.2) is 53.7 Å². The van der Waals surface area contributed by atoms with Gasteiger partial charge in [0.15, 0.2) is 0 Å². The maximum Gasteiger partial charge on any atom is 0.241 e. The Hall–Kier alpha value is -2.21. The van der Waals surface area contributed by atoms with E-state index in [1.807, 2.05) is 6.26 Å². The van der Waals surface area contributed by atoms with Crippen molar-refractivity contribution in [3.63, 3.8) is 0 Å². The summed E-state index contributed by atoms with van der Waals surface area (Å²) >= 11 is 1.58. The molecule has 2 N–H and O–H groups in total. The van der Waals surface area contributed by atoms with E-state index in [1.165, 1.54) is 12.1 Å². The molecule has 3 rings (SSSR count). The highest BCUT2D eigenvalue weighted by Crippen LogP contribution is 2.11. The molecule has 2 heterocycles. The second-order valence-electron chi connectivity index (χ2n) is 7.44. The summed E-state index contributed by atoms with van der Waals surface area (Å²) in [5, 5.41) is 2.90. The molecule has 0 spiro atoms. The molecule has 1 aliphatic rings. The molecule has 0 aliphatic carbocycles. The van der Waals surface area contributed by atoms with E-state index in [0.29, 0.717) is 25.3 Å². The van der Waals surface area contributed by atoms with Crippen molar-refractivity contribution in [3.05, 3.63) is 48.8 Å². The van der Waals surface area contributed by atoms with E-state index in [4.69, 9.17) is 0 Å². The molecule has 1 atom stereocenters. The fourth-order valence-corrected chi connectivity index (χ4v) is 5.14. The molecule has 0 radical (unpaired) electrons. The van der Waals surface area contributed by atoms with Crippen molar-refractivity contribution in [1.29, 1.82) is 0 Å². The number of nitrogens with zero attached hydrogens (tertiary/aromatic N) is 4. The highest BCUT2D eigenvalue weighted by atomic mass is 32.2. The van der Waals surface area contributed by atoms with Crippen LogP contribution in [0.1, 0.15) is 6.42 Å². The zero-order chi connectivity index (χ0) is 22.8. The number of amides is 1. The summed E-state index contributed by atoms with van der Waals surface area (Å²) < 4.78 is 27.9. The van der Waals surface area contributed by atoms with Crippen LogP contribution in [-0.4, -0.2) is 86.5 Å². The van der Waals surface area contributed by atoms with Gasteiger partial charge in [-0.1, -0.05) is 18.2 Å². The number of aromatic nitrogens is 2. The van der Waals surface area contributed by atoms with Crippen LogP contribution < -0.4 is 14.9 Å². The molecular formula is C21H30N6O3S2. The van der Waals surface area contributed by atoms with Crippen molar-refractivity contribution < 1.29 is 13.2 Å². The Morgan fingerprint density at radius 2 is 1.78 bits per heavy atom. The number of carbonyl (C=O) groups excluding carboxylic acids is 1. The Kier molecular flexibility index (Phi) is 9.27. The quantitative estimate of drug-likeness (QED) is 0.489. The zero-order valence-electron chi connectivity index (χ0n) is 18.2. The van der Waals surface area contributed by atoms with Gasteiger partial charge in [-0.25, -0.2) is 18.4 Å². The molecule has 1 aliphatic heterocycles. The number of thioether (sulfide) groups is 1. The highest BCUT2D eigenvalue weighted by Gasteiger charge is 2.25. The minimum atomic E-state index is -3.76. The summed E-state index contributed by atoms with van der Waals surface area (Å²) in [6.45, 7) is 4.52. The van der Waals surface area contributed by atoms with Crippen molar-refractivity contribution in [2.75, 3.05) is 56.2 Å². The maximum absolute atomic E-state index is 12.7. The normalized spacial score (nSPS) is 16.0. The van der Waals surface area contributed by atoms with Gasteiger partial charge in [-0.15, -0.1) is 0 Å². The SMILES string of the molecule is CSCCC(NS(=O)(=O)c1ccccc1)C(=O)NCCN1CCN(c2ncccn2)CC1. The second-order valence-corrected chi connectivity index (χ2v) is 10.1. The van der Waals surface area contributed by atoms with Gasteiger partial charge in [0.25, 0.3) is 0 Å². The molecule has 1 unspecified atom stereocenters. The number of hydrogen-bond donors (Lipinski definition) is 2. The third kappa shape index (κ3) is 7.16. The Balaban J connectivity index is 1.47. The van der Waals surface area contributed by atoms with E-state index in [1.54, 1.807) is 48.4 Å². The molecule has 11 heteroatoms. The van der Waals surface area contributed by atoms with Gasteiger partial charge in [-0.2, -0.15) is 16.5 Å². The van der Waals surface area contributed by atoms with Crippen LogP contribution >= 0.6 is 11.8 Å². The summed E-state index contributed by atoms with van der Waals surface area (Å²) in [6, 6.07) is 9.11. The van der Waals surface area contributed by atoms with E-state index < -0.39 is 16.1 Å². The minimum Gasteiger partial charge on any atom is -0.353 e. The van der Waals surface area contributed by atoms with Crippen LogP contribution in [0.2, 0.25) is 0 Å². The number of nitrogens with one attached hydrogen (secondary N) is 2. The number of benzene rings is 1. The van der Waals surface area contributed by atoms with Crippen molar-refractivity contribution in [1.82, 2.24) is 24.9 Å². The Bertz CT molecular complexity index is 939. The summed E-state index contributed by atoms with van der Waals surface area (Å²) in [5.41, 5.74) is 0. The van der Waals surface area contributed by atoms with Crippen LogP contribution in [0.5, 0.6) is 0 Å². The molecule has 2 aromatic rings. The fraction of sp³-hybridized carbons (Fsp3) is 0.476. The van der Waals surface area contributed by atoms with Gasteiger partial charge < -0.3 is 10.2 Å². The molecule has 32 heavy (non-hydrogen) atoms. The maximum atomic E-state index is 12.7. The van der Waals surface area contributed by atoms with Gasteiger partial charge in [0.2, 0.25) is 21.9 Å². The summed E-state index contributed by atoms with van der Waals surface area (Å²) in [6.07, 6.45) is 5.84. The van der Waals surface area contributed by atoms with Crippen molar-refractivity contribution in [3.8, 4) is 0 Å². The molecular weight excluding hydrogens is 448 g/mol. The van der Waals surface area contributed by atoms with E-state index in [-0.39, 0.29) is 10.8 Å². The van der Waals surface area contributed by atoms with Crippen LogP contribution in [-0.2, 0) is 14.8 Å². The first-order chi connectivity index (χ1) is 15.5. The van der Waals surface area contributed by atoms with Crippen LogP contribution in [0.25, 0.3) is 0 Å². The van der Waals surface area contributed by atoms with E-state index in [0.717, 1.165) is 32.1 Å². The molecule has 1 aromatic heterocycles. The Labute approximate surface area is 194 Å². The summed E-state index contributed by atoms with van der Waals surface area (Å²) in [5.74, 6) is 1.12. The van der Waals surface area contributed by atoms with E-state index >= 15 is 0 Å². The number of sulfonamides is 1. The Morgan fingerprint density at radius 1 is 1.09 bits per heavy atom. The van der Waals surface area contributed by atoms with Gasteiger partial charge in [0.05, 0.1) is 4.90 Å². The largest absolute Gasteiger partial charge is 0.353 e. The molecule has 174 valence electrons. The monoisotopic (exact) mass is 478 g/mol. The van der Waals surface area contributed by atoms with Crippen molar-refractivity contribution in [2.45, 2.75) is 17.4 Å². The van der Waals surface area contributed by atoms with Gasteiger partial charge in [-0.3, -0.25) is 9.69 Å². The van der Waals surface area contributed by atoms with E-state index in [9.17, 15) is 13.2 Å². The summed E-state index contributed by atoms with van der Waals surface area (Å²) in [7, 11) is -3.76. The van der Waals surface area contributed by atoms with E-state index in [2.05, 4.69) is 29.8 Å². The van der Waals surface area contributed by atoms with Crippen LogP contribution in [0, 0.1) is 0 Å². The standard InChI is InChI=1S/C21H30N6O3S2/c1-31-17-8-19(25-32(29,30)18-6-3-2-4-7-18)20(28)22-11-12-26-13-15-27(16-14-26)21-23-9-5-10-24-21/h2-7,9-10,19,25H,8,11-17H2,1H3,(H,22,28). The third-order valence-electron chi connectivity index (χ3n) is 5.21. The Morgan fingerprint density at radius 3 is 2.44 bits per heavy atom. The first kappa shape index (κ1) is 24.4. The molecule has 1 aromatic carbocycles. The molecule has 0 saturated carbocycles. The summed E-state index contributed by atoms with van der Waals surface area (Å²) in [4.78, 5) is 25.9. The van der Waals surface area contributed by atoms with Crippen molar-refractivity contribution >= 4 is 33.6 Å². The number of piperazine rings is 1. The predicted octanol–water partition coefficient (Wildman–Crippen LogP) is 0.815. The van der Waals surface area contributed by atoms with Gasteiger partial charge in [0.1, 0.15) is 6.04 Å². The van der Waals surface area contributed by atoms with Gasteiger partial charge >= 0.3 is 0 Å². The lowest BCUT2D eigenvalue weighted by Crippen LogP contribution is -2.51. The fourth-order valence-electron chi connectivity index (χ4n) is 3.42. The predicted molar refractivity (Wildman–Crippen MR) is 127 cm³/mol. The molecule has 0 bridgehead atoms. The average molecular weight is 479 g/mol. The molecule has 1 fully saturated rings. The van der Waals surface area contributed by atoms with Crippen LogP contribution in [0.3, 0.4) is 0 Å². The molecule has 1 amide bonds. The van der Waals surface area contributed by atoms with Crippen LogP contribution in [0.4, 0.5) is 5.95 Å². The van der Waals surface area contributed by atoms with Gasteiger partial charge in [-0.05, 0) is 36.6 Å². The average Bonchev–Trinajstić information content (AvgIpc) is 2.83. The van der Waals surface area contributed by atoms with Gasteiger partial charge in [0, 0.05) is 51.7 Å². The number of carbonyl (C=O) groups is 1. The number of hydrogen-bond acceptors (Lipinski definition) is 8. The lowest BCUT2D eigenvalue weighted by molar-refractivity contribution is -0.122. The first-order valence-electron chi connectivity index (χ1n) is 10.6. The smallest absolute Gasteiger partial charge is 0.241 e. The minimum absolute atomic E-state index is 0.155. The number of anilines is 1. The van der Waals surface area contributed by atoms with Crippen molar-refractivity contribution in [2.24, 2.45) is 0 Å².